The Kier molecular flexibility index (Phi) is 3.49. The molecule has 0 aliphatic rings. The molecule has 0 unspecified atom stereocenters. The van der Waals surface area contributed by atoms with Gasteiger partial charge in [0.15, 0.2) is 0 Å². The van der Waals surface area contributed by atoms with Crippen LogP contribution in [0.1, 0.15) is 17.3 Å². The van der Waals surface area contributed by atoms with Gasteiger partial charge in [-0.2, -0.15) is 0 Å². The lowest BCUT2D eigenvalue weighted by Crippen LogP contribution is -2.17. The number of ketones is 1. The highest BCUT2D eigenvalue weighted by atomic mass is 19.1. The van der Waals surface area contributed by atoms with E-state index in [1.165, 1.54) is 6.92 Å². The Morgan fingerprint density at radius 2 is 1.73 bits per heavy atom. The SMILES string of the molecule is CCOC(=O)C(=O)c1cc(F)cc(F)c1. The van der Waals surface area contributed by atoms with Crippen LogP contribution >= 0.6 is 0 Å². The van der Waals surface area contributed by atoms with Crippen LogP contribution in [0.15, 0.2) is 18.2 Å². The first-order valence-electron chi connectivity index (χ1n) is 4.22. The van der Waals surface area contributed by atoms with Crippen LogP contribution in [0.5, 0.6) is 0 Å². The first kappa shape index (κ1) is 11.3. The van der Waals surface area contributed by atoms with E-state index in [-0.39, 0.29) is 12.2 Å². The summed E-state index contributed by atoms with van der Waals surface area (Å²) < 4.78 is 29.8. The van der Waals surface area contributed by atoms with Gasteiger partial charge >= 0.3 is 5.97 Å². The number of hydrogen-bond donors (Lipinski definition) is 0. The fraction of sp³-hybridized carbons (Fsp3) is 0.200. The molecule has 15 heavy (non-hydrogen) atoms. The second-order valence-corrected chi connectivity index (χ2v) is 2.71. The molecule has 0 atom stereocenters. The lowest BCUT2D eigenvalue weighted by molar-refractivity contribution is -0.137. The number of ether oxygens (including phenoxy) is 1. The molecular weight excluding hydrogens is 206 g/mol. The number of Topliss-reactive ketones (excluding diaryl/α,β-unsaturated/α-hetero) is 1. The van der Waals surface area contributed by atoms with Crippen molar-refractivity contribution in [3.05, 3.63) is 35.4 Å². The van der Waals surface area contributed by atoms with Crippen molar-refractivity contribution in [2.24, 2.45) is 0 Å². The lowest BCUT2D eigenvalue weighted by atomic mass is 10.1. The maximum Gasteiger partial charge on any atom is 0.379 e. The van der Waals surface area contributed by atoms with E-state index in [0.29, 0.717) is 6.07 Å². The number of benzene rings is 1. The Labute approximate surface area is 84.7 Å². The Hall–Kier alpha value is -1.78. The van der Waals surface area contributed by atoms with E-state index in [2.05, 4.69) is 4.74 Å². The minimum Gasteiger partial charge on any atom is -0.460 e. The van der Waals surface area contributed by atoms with E-state index in [1.54, 1.807) is 0 Å². The molecule has 0 aliphatic heterocycles. The summed E-state index contributed by atoms with van der Waals surface area (Å²) >= 11 is 0. The van der Waals surface area contributed by atoms with Crippen LogP contribution in [0.4, 0.5) is 8.78 Å². The van der Waals surface area contributed by atoms with Crippen LogP contribution in [0, 0.1) is 11.6 Å². The van der Waals surface area contributed by atoms with Gasteiger partial charge in [0.1, 0.15) is 11.6 Å². The monoisotopic (exact) mass is 214 g/mol. The number of halogens is 2. The molecule has 3 nitrogen and oxygen atoms in total. The van der Waals surface area contributed by atoms with Gasteiger partial charge in [-0.05, 0) is 19.1 Å². The molecular formula is C10H8F2O3. The van der Waals surface area contributed by atoms with Gasteiger partial charge in [-0.3, -0.25) is 4.79 Å². The van der Waals surface area contributed by atoms with Crippen molar-refractivity contribution < 1.29 is 23.1 Å². The summed E-state index contributed by atoms with van der Waals surface area (Å²) in [6, 6.07) is 2.17. The number of hydrogen-bond acceptors (Lipinski definition) is 3. The van der Waals surface area contributed by atoms with Gasteiger partial charge in [0.2, 0.25) is 0 Å². The molecule has 0 heterocycles. The second kappa shape index (κ2) is 4.63. The number of esters is 1. The predicted octanol–water partition coefficient (Wildman–Crippen LogP) is 1.71. The molecule has 0 radical (unpaired) electrons. The quantitative estimate of drug-likeness (QED) is 0.437. The van der Waals surface area contributed by atoms with Crippen molar-refractivity contribution in [2.45, 2.75) is 6.92 Å². The maximum absolute atomic E-state index is 12.7. The molecule has 0 saturated carbocycles. The van der Waals surface area contributed by atoms with E-state index in [0.717, 1.165) is 12.1 Å². The molecule has 1 aromatic rings. The minimum absolute atomic E-state index is 0.0301. The molecule has 0 fully saturated rings. The molecule has 80 valence electrons. The van der Waals surface area contributed by atoms with Crippen molar-refractivity contribution in [3.8, 4) is 0 Å². The molecule has 5 heteroatoms. The molecule has 0 aliphatic carbocycles. The fourth-order valence-electron chi connectivity index (χ4n) is 0.999. The first-order chi connectivity index (χ1) is 7.04. The van der Waals surface area contributed by atoms with Crippen LogP contribution in [0.3, 0.4) is 0 Å². The van der Waals surface area contributed by atoms with Crippen LogP contribution in [-0.2, 0) is 9.53 Å². The first-order valence-corrected chi connectivity index (χ1v) is 4.22. The van der Waals surface area contributed by atoms with Gasteiger partial charge in [0.25, 0.3) is 5.78 Å². The molecule has 0 spiro atoms. The van der Waals surface area contributed by atoms with Crippen molar-refractivity contribution in [1.82, 2.24) is 0 Å². The topological polar surface area (TPSA) is 43.4 Å². The Morgan fingerprint density at radius 1 is 1.20 bits per heavy atom. The number of rotatable bonds is 3. The molecule has 0 N–H and O–H groups in total. The van der Waals surface area contributed by atoms with Crippen molar-refractivity contribution in [2.75, 3.05) is 6.61 Å². The highest BCUT2D eigenvalue weighted by molar-refractivity contribution is 6.40. The summed E-state index contributed by atoms with van der Waals surface area (Å²) in [5.74, 6) is -4.01. The fourth-order valence-corrected chi connectivity index (χ4v) is 0.999. The summed E-state index contributed by atoms with van der Waals surface area (Å²) in [5, 5.41) is 0. The van der Waals surface area contributed by atoms with Crippen LogP contribution in [0.25, 0.3) is 0 Å². The average Bonchev–Trinajstić information content (AvgIpc) is 2.15. The molecule has 1 aromatic carbocycles. The van der Waals surface area contributed by atoms with Gasteiger partial charge in [0.05, 0.1) is 6.61 Å². The Morgan fingerprint density at radius 3 is 2.20 bits per heavy atom. The smallest absolute Gasteiger partial charge is 0.379 e. The van der Waals surface area contributed by atoms with E-state index >= 15 is 0 Å². The third-order valence-electron chi connectivity index (χ3n) is 1.59. The summed E-state index contributed by atoms with van der Waals surface area (Å²) in [5.41, 5.74) is -0.356. The van der Waals surface area contributed by atoms with Gasteiger partial charge < -0.3 is 4.74 Å². The van der Waals surface area contributed by atoms with E-state index in [1.807, 2.05) is 0 Å². The average molecular weight is 214 g/mol. The van der Waals surface area contributed by atoms with Crippen LogP contribution in [0.2, 0.25) is 0 Å². The van der Waals surface area contributed by atoms with E-state index < -0.39 is 23.4 Å². The highest BCUT2D eigenvalue weighted by Gasteiger charge is 2.18. The third-order valence-corrected chi connectivity index (χ3v) is 1.59. The summed E-state index contributed by atoms with van der Waals surface area (Å²) in [4.78, 5) is 22.2. The largest absolute Gasteiger partial charge is 0.460 e. The molecule has 0 bridgehead atoms. The van der Waals surface area contributed by atoms with E-state index in [4.69, 9.17) is 0 Å². The molecule has 1 rings (SSSR count). The third kappa shape index (κ3) is 2.83. The zero-order valence-electron chi connectivity index (χ0n) is 7.92. The second-order valence-electron chi connectivity index (χ2n) is 2.71. The normalized spacial score (nSPS) is 9.80. The van der Waals surface area contributed by atoms with Crippen molar-refractivity contribution in [1.29, 1.82) is 0 Å². The molecule has 0 aromatic heterocycles. The molecule has 0 amide bonds. The van der Waals surface area contributed by atoms with Crippen molar-refractivity contribution in [3.63, 3.8) is 0 Å². The lowest BCUT2D eigenvalue weighted by Gasteiger charge is -2.01. The van der Waals surface area contributed by atoms with Crippen LogP contribution in [-0.4, -0.2) is 18.4 Å². The number of carbonyl (C=O) groups excluding carboxylic acids is 2. The van der Waals surface area contributed by atoms with Crippen molar-refractivity contribution >= 4 is 11.8 Å². The maximum atomic E-state index is 12.7. The van der Waals surface area contributed by atoms with Gasteiger partial charge in [-0.25, -0.2) is 13.6 Å². The van der Waals surface area contributed by atoms with Gasteiger partial charge in [0, 0.05) is 11.6 Å². The van der Waals surface area contributed by atoms with Gasteiger partial charge in [-0.15, -0.1) is 0 Å². The summed E-state index contributed by atoms with van der Waals surface area (Å²) in [6.45, 7) is 1.56. The zero-order valence-corrected chi connectivity index (χ0v) is 7.92. The predicted molar refractivity (Wildman–Crippen MR) is 47.3 cm³/mol. The minimum atomic E-state index is -1.12. The van der Waals surface area contributed by atoms with Gasteiger partial charge in [-0.1, -0.05) is 0 Å². The standard InChI is InChI=1S/C10H8F2O3/c1-2-15-10(14)9(13)6-3-7(11)5-8(12)4-6/h3-5H,2H2,1H3. The zero-order chi connectivity index (χ0) is 11.4. The van der Waals surface area contributed by atoms with E-state index in [9.17, 15) is 18.4 Å². The van der Waals surface area contributed by atoms with Crippen LogP contribution < -0.4 is 0 Å². The Balaban J connectivity index is 2.96. The summed E-state index contributed by atoms with van der Waals surface area (Å²) in [6.07, 6.45) is 0. The highest BCUT2D eigenvalue weighted by Crippen LogP contribution is 2.09. The Bertz CT molecular complexity index is 381. The molecule has 0 saturated heterocycles. The number of carbonyl (C=O) groups is 2. The summed E-state index contributed by atoms with van der Waals surface area (Å²) in [7, 11) is 0.